The standard InChI is InChI=1S/C12H9BrFNO5S/c1-6-4-7(2-3-8(6)14)15-21(18,19)10-5-9(12(16)17)20-11(10)13/h2-5,15H,1H3,(H,16,17). The Kier molecular flexibility index (Phi) is 4.06. The number of carbonyl (C=O) groups is 1. The van der Waals surface area contributed by atoms with Gasteiger partial charge in [0, 0.05) is 11.8 Å². The lowest BCUT2D eigenvalue weighted by Gasteiger charge is -2.07. The molecule has 0 amide bonds. The minimum Gasteiger partial charge on any atom is -0.475 e. The van der Waals surface area contributed by atoms with Gasteiger partial charge in [-0.15, -0.1) is 0 Å². The van der Waals surface area contributed by atoms with E-state index in [4.69, 9.17) is 9.52 Å². The number of carboxylic acids is 1. The molecule has 9 heteroatoms. The molecule has 1 heterocycles. The third-order valence-corrected chi connectivity index (χ3v) is 4.80. The van der Waals surface area contributed by atoms with Gasteiger partial charge in [0.1, 0.15) is 10.7 Å². The van der Waals surface area contributed by atoms with Gasteiger partial charge in [-0.05, 0) is 46.6 Å². The Morgan fingerprint density at radius 3 is 2.57 bits per heavy atom. The van der Waals surface area contributed by atoms with E-state index in [1.807, 2.05) is 0 Å². The van der Waals surface area contributed by atoms with Crippen molar-refractivity contribution in [1.82, 2.24) is 0 Å². The highest BCUT2D eigenvalue weighted by Crippen LogP contribution is 2.28. The third-order valence-electron chi connectivity index (χ3n) is 2.57. The van der Waals surface area contributed by atoms with Crippen LogP contribution in [0.3, 0.4) is 0 Å². The average molecular weight is 378 g/mol. The van der Waals surface area contributed by atoms with Gasteiger partial charge in [-0.25, -0.2) is 17.6 Å². The number of sulfonamides is 1. The van der Waals surface area contributed by atoms with Crippen LogP contribution in [-0.4, -0.2) is 19.5 Å². The zero-order valence-corrected chi connectivity index (χ0v) is 13.0. The molecule has 0 saturated carbocycles. The van der Waals surface area contributed by atoms with Gasteiger partial charge in [-0.2, -0.15) is 0 Å². The van der Waals surface area contributed by atoms with E-state index in [1.54, 1.807) is 0 Å². The van der Waals surface area contributed by atoms with Crippen molar-refractivity contribution in [3.05, 3.63) is 46.1 Å². The first-order valence-corrected chi connectivity index (χ1v) is 7.80. The molecule has 2 aromatic rings. The first-order valence-electron chi connectivity index (χ1n) is 5.52. The molecule has 0 atom stereocenters. The van der Waals surface area contributed by atoms with E-state index < -0.39 is 27.6 Å². The molecule has 0 fully saturated rings. The Hall–Kier alpha value is -1.87. The molecular weight excluding hydrogens is 369 g/mol. The average Bonchev–Trinajstić information content (AvgIpc) is 2.77. The van der Waals surface area contributed by atoms with Crippen LogP contribution in [0.5, 0.6) is 0 Å². The van der Waals surface area contributed by atoms with Crippen LogP contribution in [0.1, 0.15) is 16.1 Å². The van der Waals surface area contributed by atoms with Crippen LogP contribution < -0.4 is 4.72 Å². The highest BCUT2D eigenvalue weighted by atomic mass is 79.9. The molecule has 2 N–H and O–H groups in total. The van der Waals surface area contributed by atoms with Gasteiger partial charge in [0.2, 0.25) is 5.76 Å². The van der Waals surface area contributed by atoms with Gasteiger partial charge < -0.3 is 9.52 Å². The lowest BCUT2D eigenvalue weighted by atomic mass is 10.2. The number of furan rings is 1. The molecule has 0 aliphatic carbocycles. The van der Waals surface area contributed by atoms with Crippen LogP contribution in [-0.2, 0) is 10.0 Å². The van der Waals surface area contributed by atoms with Gasteiger partial charge >= 0.3 is 5.97 Å². The number of aryl methyl sites for hydroxylation is 1. The number of rotatable bonds is 4. The number of hydrogen-bond donors (Lipinski definition) is 2. The molecule has 2 rings (SSSR count). The van der Waals surface area contributed by atoms with E-state index in [-0.39, 0.29) is 20.8 Å². The lowest BCUT2D eigenvalue weighted by molar-refractivity contribution is 0.0661. The fourth-order valence-electron chi connectivity index (χ4n) is 1.56. The normalized spacial score (nSPS) is 11.4. The van der Waals surface area contributed by atoms with Gasteiger partial charge in [0.05, 0.1) is 0 Å². The minimum atomic E-state index is -4.06. The number of nitrogens with one attached hydrogen (secondary N) is 1. The van der Waals surface area contributed by atoms with E-state index >= 15 is 0 Å². The predicted octanol–water partition coefficient (Wildman–Crippen LogP) is 2.99. The van der Waals surface area contributed by atoms with E-state index in [0.29, 0.717) is 0 Å². The molecule has 0 radical (unpaired) electrons. The number of halogens is 2. The van der Waals surface area contributed by atoms with E-state index in [0.717, 1.165) is 12.1 Å². The van der Waals surface area contributed by atoms with Crippen molar-refractivity contribution in [2.45, 2.75) is 11.8 Å². The van der Waals surface area contributed by atoms with Gasteiger partial charge in [0.15, 0.2) is 4.67 Å². The van der Waals surface area contributed by atoms with Crippen LogP contribution in [0.25, 0.3) is 0 Å². The van der Waals surface area contributed by atoms with Crippen LogP contribution in [0.2, 0.25) is 0 Å². The molecule has 21 heavy (non-hydrogen) atoms. The maximum absolute atomic E-state index is 13.1. The first kappa shape index (κ1) is 15.5. The summed E-state index contributed by atoms with van der Waals surface area (Å²) in [6, 6.07) is 4.58. The summed E-state index contributed by atoms with van der Waals surface area (Å²) in [5.74, 6) is -2.37. The van der Waals surface area contributed by atoms with Crippen LogP contribution in [0.4, 0.5) is 10.1 Å². The van der Waals surface area contributed by atoms with Crippen LogP contribution in [0.15, 0.2) is 38.2 Å². The Balaban J connectivity index is 2.38. The molecule has 1 aromatic carbocycles. The SMILES string of the molecule is Cc1cc(NS(=O)(=O)c2cc(C(=O)O)oc2Br)ccc1F. The third kappa shape index (κ3) is 3.24. The fourth-order valence-corrected chi connectivity index (χ4v) is 3.55. The van der Waals surface area contributed by atoms with Crippen molar-refractivity contribution >= 4 is 37.6 Å². The molecule has 0 unspecified atom stereocenters. The summed E-state index contributed by atoms with van der Waals surface area (Å²) in [5, 5.41) is 8.77. The summed E-state index contributed by atoms with van der Waals surface area (Å²) in [6.07, 6.45) is 0. The van der Waals surface area contributed by atoms with E-state index in [1.165, 1.54) is 19.1 Å². The molecule has 0 bridgehead atoms. The maximum Gasteiger partial charge on any atom is 0.371 e. The molecular formula is C12H9BrFNO5S. The quantitative estimate of drug-likeness (QED) is 0.853. The Morgan fingerprint density at radius 2 is 2.05 bits per heavy atom. The van der Waals surface area contributed by atoms with E-state index in [9.17, 15) is 17.6 Å². The van der Waals surface area contributed by atoms with E-state index in [2.05, 4.69) is 20.7 Å². The van der Waals surface area contributed by atoms with Crippen molar-refractivity contribution in [3.63, 3.8) is 0 Å². The summed E-state index contributed by atoms with van der Waals surface area (Å²) < 4.78 is 44.2. The highest BCUT2D eigenvalue weighted by Gasteiger charge is 2.25. The van der Waals surface area contributed by atoms with Crippen LogP contribution >= 0.6 is 15.9 Å². The van der Waals surface area contributed by atoms with Gasteiger partial charge in [0.25, 0.3) is 10.0 Å². The molecule has 112 valence electrons. The second-order valence-corrected chi connectivity index (χ2v) is 6.49. The molecule has 0 aliphatic heterocycles. The monoisotopic (exact) mass is 377 g/mol. The van der Waals surface area contributed by atoms with Crippen molar-refractivity contribution in [2.75, 3.05) is 4.72 Å². The number of aromatic carboxylic acids is 1. The van der Waals surface area contributed by atoms with Gasteiger partial charge in [-0.1, -0.05) is 0 Å². The largest absolute Gasteiger partial charge is 0.475 e. The maximum atomic E-state index is 13.1. The first-order chi connectivity index (χ1) is 9.70. The molecule has 6 nitrogen and oxygen atoms in total. The number of hydrogen-bond acceptors (Lipinski definition) is 4. The number of carboxylic acid groups (broad SMARTS) is 1. The number of benzene rings is 1. The number of anilines is 1. The van der Waals surface area contributed by atoms with Crippen molar-refractivity contribution in [1.29, 1.82) is 0 Å². The summed E-state index contributed by atoms with van der Waals surface area (Å²) in [6.45, 7) is 1.49. The van der Waals surface area contributed by atoms with Crippen molar-refractivity contribution in [3.8, 4) is 0 Å². The molecule has 1 aromatic heterocycles. The molecule has 0 aliphatic rings. The predicted molar refractivity (Wildman–Crippen MR) is 75.3 cm³/mol. The smallest absolute Gasteiger partial charge is 0.371 e. The highest BCUT2D eigenvalue weighted by molar-refractivity contribution is 9.10. The summed E-state index contributed by atoms with van der Waals surface area (Å²) in [5.41, 5.74) is 0.423. The summed E-state index contributed by atoms with van der Waals surface area (Å²) in [7, 11) is -4.06. The second kappa shape index (κ2) is 5.49. The zero-order valence-electron chi connectivity index (χ0n) is 10.6. The van der Waals surface area contributed by atoms with Crippen LogP contribution in [0, 0.1) is 12.7 Å². The summed E-state index contributed by atoms with van der Waals surface area (Å²) >= 11 is 2.85. The minimum absolute atomic E-state index is 0.152. The molecule has 0 spiro atoms. The molecule has 0 saturated heterocycles. The van der Waals surface area contributed by atoms with Gasteiger partial charge in [-0.3, -0.25) is 4.72 Å². The Morgan fingerprint density at radius 1 is 1.38 bits per heavy atom. The lowest BCUT2D eigenvalue weighted by Crippen LogP contribution is -2.13. The topological polar surface area (TPSA) is 96.6 Å². The fraction of sp³-hybridized carbons (Fsp3) is 0.0833. The Labute approximate surface area is 127 Å². The Bertz CT molecular complexity index is 815. The second-order valence-electron chi connectivity index (χ2n) is 4.12. The van der Waals surface area contributed by atoms with Crippen molar-refractivity contribution < 1.29 is 27.1 Å². The van der Waals surface area contributed by atoms with Crippen molar-refractivity contribution in [2.24, 2.45) is 0 Å². The summed E-state index contributed by atoms with van der Waals surface area (Å²) in [4.78, 5) is 10.4. The zero-order chi connectivity index (χ0) is 15.8.